The van der Waals surface area contributed by atoms with Gasteiger partial charge in [0.05, 0.1) is 25.1 Å². The highest BCUT2D eigenvalue weighted by Crippen LogP contribution is 2.35. The van der Waals surface area contributed by atoms with Crippen LogP contribution in [0, 0.1) is 0 Å². The van der Waals surface area contributed by atoms with Crippen molar-refractivity contribution in [2.75, 3.05) is 57.4 Å². The number of carbonyl (C=O) groups is 3. The van der Waals surface area contributed by atoms with Crippen LogP contribution >= 0.6 is 7.60 Å². The summed E-state index contributed by atoms with van der Waals surface area (Å²) >= 11 is 0. The van der Waals surface area contributed by atoms with Crippen molar-refractivity contribution in [3.05, 3.63) is 48.2 Å². The van der Waals surface area contributed by atoms with Crippen LogP contribution in [0.3, 0.4) is 0 Å². The zero-order chi connectivity index (χ0) is 27.7. The van der Waals surface area contributed by atoms with E-state index in [1.54, 1.807) is 37.3 Å². The van der Waals surface area contributed by atoms with Crippen LogP contribution in [0.2, 0.25) is 0 Å². The van der Waals surface area contributed by atoms with Gasteiger partial charge < -0.3 is 40.1 Å². The van der Waals surface area contributed by atoms with Gasteiger partial charge in [-0.05, 0) is 19.1 Å². The van der Waals surface area contributed by atoms with Gasteiger partial charge in [0.15, 0.2) is 0 Å². The number of ether oxygens (including phenoxy) is 1. The molecular formula is C24H32N5O8P. The maximum absolute atomic E-state index is 13.2. The Morgan fingerprint density at radius 1 is 1.08 bits per heavy atom. The van der Waals surface area contributed by atoms with E-state index in [9.17, 15) is 33.8 Å². The summed E-state index contributed by atoms with van der Waals surface area (Å²) in [4.78, 5) is 64.7. The van der Waals surface area contributed by atoms with Crippen molar-refractivity contribution in [2.45, 2.75) is 13.0 Å². The number of hydrogen-bond acceptors (Lipinski definition) is 8. The Labute approximate surface area is 220 Å². The van der Waals surface area contributed by atoms with Gasteiger partial charge in [-0.3, -0.25) is 14.2 Å². The van der Waals surface area contributed by atoms with E-state index in [-0.39, 0.29) is 51.6 Å². The molecule has 13 nitrogen and oxygen atoms in total. The Morgan fingerprint density at radius 2 is 1.74 bits per heavy atom. The Kier molecular flexibility index (Phi) is 10.2. The second kappa shape index (κ2) is 13.3. The normalized spacial score (nSPS) is 14.5. The third-order valence-corrected chi connectivity index (χ3v) is 6.55. The molecule has 0 saturated carbocycles. The molecule has 1 aliphatic rings. The molecule has 0 spiro atoms. The number of anilines is 1. The number of hydrogen-bond donors (Lipinski definition) is 5. The van der Waals surface area contributed by atoms with Gasteiger partial charge in [0.25, 0.3) is 5.91 Å². The SMILES string of the molecule is CCOC(=O)N1CCN(C(=O)[C@H](CP(=O)(O)O)NC(=O)c2cc(NCCO)cc(-c3ccccc3)n2)CC1. The van der Waals surface area contributed by atoms with Crippen molar-refractivity contribution in [3.63, 3.8) is 0 Å². The number of aliphatic hydroxyl groups excluding tert-OH is 1. The first-order valence-electron chi connectivity index (χ1n) is 12.1. The number of carbonyl (C=O) groups excluding carboxylic acids is 3. The fourth-order valence-electron chi connectivity index (χ4n) is 3.91. The lowest BCUT2D eigenvalue weighted by atomic mass is 10.1. The Morgan fingerprint density at radius 3 is 2.34 bits per heavy atom. The van der Waals surface area contributed by atoms with Crippen molar-refractivity contribution < 1.29 is 38.6 Å². The van der Waals surface area contributed by atoms with E-state index in [4.69, 9.17) is 4.74 Å². The molecule has 5 N–H and O–H groups in total. The first-order chi connectivity index (χ1) is 18.1. The van der Waals surface area contributed by atoms with Gasteiger partial charge in [-0.1, -0.05) is 30.3 Å². The molecule has 0 bridgehead atoms. The second-order valence-corrected chi connectivity index (χ2v) is 10.2. The molecule has 1 fully saturated rings. The van der Waals surface area contributed by atoms with Crippen molar-refractivity contribution >= 4 is 31.2 Å². The molecule has 38 heavy (non-hydrogen) atoms. The number of benzene rings is 1. The average molecular weight is 550 g/mol. The zero-order valence-electron chi connectivity index (χ0n) is 20.9. The van der Waals surface area contributed by atoms with Crippen LogP contribution in [0.1, 0.15) is 17.4 Å². The van der Waals surface area contributed by atoms with Crippen LogP contribution < -0.4 is 10.6 Å². The third-order valence-electron chi connectivity index (χ3n) is 5.71. The highest BCUT2D eigenvalue weighted by atomic mass is 31.2. The number of pyridine rings is 1. The van der Waals surface area contributed by atoms with Gasteiger partial charge in [0.1, 0.15) is 11.7 Å². The summed E-state index contributed by atoms with van der Waals surface area (Å²) in [5, 5.41) is 14.6. The minimum Gasteiger partial charge on any atom is -0.450 e. The molecule has 0 radical (unpaired) electrons. The van der Waals surface area contributed by atoms with Crippen LogP contribution in [-0.2, 0) is 14.1 Å². The molecule has 2 aromatic rings. The van der Waals surface area contributed by atoms with Crippen LogP contribution in [0.4, 0.5) is 10.5 Å². The highest BCUT2D eigenvalue weighted by Gasteiger charge is 2.34. The molecule has 1 aromatic carbocycles. The second-order valence-electron chi connectivity index (χ2n) is 8.53. The fourth-order valence-corrected chi connectivity index (χ4v) is 4.63. The number of rotatable bonds is 10. The van der Waals surface area contributed by atoms with E-state index < -0.39 is 37.7 Å². The summed E-state index contributed by atoms with van der Waals surface area (Å²) in [7, 11) is -4.70. The van der Waals surface area contributed by atoms with Gasteiger partial charge >= 0.3 is 13.7 Å². The first-order valence-corrected chi connectivity index (χ1v) is 13.9. The van der Waals surface area contributed by atoms with Gasteiger partial charge in [0, 0.05) is 44.0 Å². The van der Waals surface area contributed by atoms with E-state index in [2.05, 4.69) is 15.6 Å². The molecular weight excluding hydrogens is 517 g/mol. The number of nitrogens with one attached hydrogen (secondary N) is 2. The largest absolute Gasteiger partial charge is 0.450 e. The average Bonchev–Trinajstić information content (AvgIpc) is 2.91. The smallest absolute Gasteiger partial charge is 0.409 e. The summed E-state index contributed by atoms with van der Waals surface area (Å²) < 4.78 is 16.8. The molecule has 2 heterocycles. The summed E-state index contributed by atoms with van der Waals surface area (Å²) in [6, 6.07) is 10.6. The van der Waals surface area contributed by atoms with Gasteiger partial charge in [-0.2, -0.15) is 0 Å². The minimum atomic E-state index is -4.70. The number of piperazine rings is 1. The molecule has 206 valence electrons. The first kappa shape index (κ1) is 29.1. The van der Waals surface area contributed by atoms with E-state index >= 15 is 0 Å². The molecule has 0 aliphatic carbocycles. The van der Waals surface area contributed by atoms with Crippen LogP contribution in [0.15, 0.2) is 42.5 Å². The van der Waals surface area contributed by atoms with Crippen LogP contribution in [0.5, 0.6) is 0 Å². The lowest BCUT2D eigenvalue weighted by Crippen LogP contribution is -2.56. The minimum absolute atomic E-state index is 0.0811. The molecule has 1 saturated heterocycles. The number of amides is 3. The predicted molar refractivity (Wildman–Crippen MR) is 139 cm³/mol. The Balaban J connectivity index is 1.81. The Hall–Kier alpha value is -3.51. The standard InChI is InChI=1S/C24H32N5O8P/c1-2-37-24(33)29-11-9-28(10-12-29)23(32)21(16-38(34,35)36)27-22(31)20-15-18(25-8-13-30)14-19(26-20)17-6-4-3-5-7-17/h3-7,14-15,21,30H,2,8-13,16H2,1H3,(H,25,26)(H,27,31)(H2,34,35,36)/t21-/m0/s1. The van der Waals surface area contributed by atoms with E-state index in [1.807, 2.05) is 6.07 Å². The van der Waals surface area contributed by atoms with Crippen molar-refractivity contribution in [1.82, 2.24) is 20.1 Å². The van der Waals surface area contributed by atoms with Gasteiger partial charge in [0.2, 0.25) is 5.91 Å². The van der Waals surface area contributed by atoms with Gasteiger partial charge in [-0.25, -0.2) is 9.78 Å². The monoisotopic (exact) mass is 549 g/mol. The van der Waals surface area contributed by atoms with E-state index in [1.165, 1.54) is 15.9 Å². The van der Waals surface area contributed by atoms with Crippen LogP contribution in [-0.4, -0.2) is 106 Å². The molecule has 1 atom stereocenters. The Bertz CT molecular complexity index is 1170. The molecule has 1 aliphatic heterocycles. The number of nitrogens with zero attached hydrogens (tertiary/aromatic N) is 3. The summed E-state index contributed by atoms with van der Waals surface area (Å²) in [6.07, 6.45) is -1.40. The number of aromatic nitrogens is 1. The molecule has 0 unspecified atom stereocenters. The maximum Gasteiger partial charge on any atom is 0.409 e. The maximum atomic E-state index is 13.2. The topological polar surface area (TPSA) is 182 Å². The number of aliphatic hydroxyl groups is 1. The van der Waals surface area contributed by atoms with Crippen LogP contribution in [0.25, 0.3) is 11.3 Å². The zero-order valence-corrected chi connectivity index (χ0v) is 21.8. The fraction of sp³-hybridized carbons (Fsp3) is 0.417. The predicted octanol–water partition coefficient (Wildman–Crippen LogP) is 0.730. The lowest BCUT2D eigenvalue weighted by Gasteiger charge is -2.36. The van der Waals surface area contributed by atoms with Gasteiger partial charge in [-0.15, -0.1) is 0 Å². The third kappa shape index (κ3) is 8.25. The lowest BCUT2D eigenvalue weighted by molar-refractivity contribution is -0.134. The highest BCUT2D eigenvalue weighted by molar-refractivity contribution is 7.51. The molecule has 3 rings (SSSR count). The van der Waals surface area contributed by atoms with Crippen molar-refractivity contribution in [3.8, 4) is 11.3 Å². The summed E-state index contributed by atoms with van der Waals surface area (Å²) in [5.41, 5.74) is 1.58. The van der Waals surface area contributed by atoms with Crippen molar-refractivity contribution in [1.29, 1.82) is 0 Å². The quantitative estimate of drug-likeness (QED) is 0.265. The summed E-state index contributed by atoms with van der Waals surface area (Å²) in [6.45, 7) is 2.56. The van der Waals surface area contributed by atoms with E-state index in [0.717, 1.165) is 5.56 Å². The van der Waals surface area contributed by atoms with E-state index in [0.29, 0.717) is 11.4 Å². The summed E-state index contributed by atoms with van der Waals surface area (Å²) in [5.74, 6) is -1.48. The molecule has 3 amide bonds. The van der Waals surface area contributed by atoms with Crippen molar-refractivity contribution in [2.24, 2.45) is 0 Å². The molecule has 1 aromatic heterocycles. The molecule has 14 heteroatoms.